The van der Waals surface area contributed by atoms with E-state index in [-0.39, 0.29) is 5.57 Å². The quantitative estimate of drug-likeness (QED) is 0.519. The average molecular weight is 267 g/mol. The molecule has 1 amide bonds. The first-order valence-corrected chi connectivity index (χ1v) is 5.33. The van der Waals surface area contributed by atoms with E-state index in [0.29, 0.717) is 10.1 Å². The third-order valence-electron chi connectivity index (χ3n) is 1.90. The minimum atomic E-state index is -0.788. The summed E-state index contributed by atoms with van der Waals surface area (Å²) in [5, 5.41) is 9.59. The first kappa shape index (κ1) is 13.3. The van der Waals surface area contributed by atoms with Crippen molar-refractivity contribution in [3.8, 4) is 6.07 Å². The van der Waals surface area contributed by atoms with Gasteiger partial charge in [-0.1, -0.05) is 35.3 Å². The van der Waals surface area contributed by atoms with Crippen LogP contribution in [0.1, 0.15) is 5.56 Å². The standard InChI is InChI=1S/C12H8Cl2N2O/c13-10-4-1-8(2-5-10)11(14)6-3-9(7-15)12(16)17/h1-6H,(H2,16,17)/b9-3-,11-6-. The topological polar surface area (TPSA) is 66.9 Å². The second-order valence-electron chi connectivity index (χ2n) is 3.08. The highest BCUT2D eigenvalue weighted by atomic mass is 35.5. The number of halogens is 2. The second kappa shape index (κ2) is 6.09. The van der Waals surface area contributed by atoms with Gasteiger partial charge in [0.05, 0.1) is 0 Å². The molecule has 0 aromatic heterocycles. The Morgan fingerprint density at radius 2 is 1.88 bits per heavy atom. The molecule has 0 saturated carbocycles. The summed E-state index contributed by atoms with van der Waals surface area (Å²) in [6.45, 7) is 0. The third kappa shape index (κ3) is 3.95. The van der Waals surface area contributed by atoms with Gasteiger partial charge in [-0.3, -0.25) is 4.79 Å². The molecule has 0 aliphatic rings. The van der Waals surface area contributed by atoms with Gasteiger partial charge in [-0.05, 0) is 29.8 Å². The Balaban J connectivity index is 2.98. The van der Waals surface area contributed by atoms with Crippen molar-refractivity contribution in [3.63, 3.8) is 0 Å². The monoisotopic (exact) mass is 266 g/mol. The van der Waals surface area contributed by atoms with Crippen LogP contribution in [-0.2, 0) is 4.79 Å². The molecular weight excluding hydrogens is 259 g/mol. The molecule has 86 valence electrons. The molecule has 2 N–H and O–H groups in total. The molecule has 1 aromatic carbocycles. The van der Waals surface area contributed by atoms with E-state index in [9.17, 15) is 4.79 Å². The molecule has 0 fully saturated rings. The molecule has 0 aliphatic heterocycles. The Hall–Kier alpha value is -1.76. The van der Waals surface area contributed by atoms with E-state index < -0.39 is 5.91 Å². The summed E-state index contributed by atoms with van der Waals surface area (Å²) in [6.07, 6.45) is 2.72. The van der Waals surface area contributed by atoms with Crippen LogP contribution in [0.5, 0.6) is 0 Å². The molecule has 3 nitrogen and oxygen atoms in total. The van der Waals surface area contributed by atoms with Gasteiger partial charge in [-0.2, -0.15) is 5.26 Å². The van der Waals surface area contributed by atoms with E-state index in [1.165, 1.54) is 12.2 Å². The lowest BCUT2D eigenvalue weighted by Crippen LogP contribution is -2.12. The summed E-state index contributed by atoms with van der Waals surface area (Å²) in [5.41, 5.74) is 5.55. The number of carbonyl (C=O) groups excluding carboxylic acids is 1. The molecule has 0 bridgehead atoms. The SMILES string of the molecule is N#C/C(=C/C=C(\Cl)c1ccc(Cl)cc1)C(N)=O. The number of amides is 1. The van der Waals surface area contributed by atoms with Gasteiger partial charge in [0.1, 0.15) is 11.6 Å². The fraction of sp³-hybridized carbons (Fsp3) is 0. The fourth-order valence-electron chi connectivity index (χ4n) is 1.04. The molecule has 1 aromatic rings. The van der Waals surface area contributed by atoms with Crippen molar-refractivity contribution in [2.45, 2.75) is 0 Å². The zero-order chi connectivity index (χ0) is 12.8. The van der Waals surface area contributed by atoms with Crippen molar-refractivity contribution in [2.75, 3.05) is 0 Å². The van der Waals surface area contributed by atoms with Crippen LogP contribution in [0.25, 0.3) is 5.03 Å². The molecule has 0 saturated heterocycles. The number of nitriles is 1. The van der Waals surface area contributed by atoms with Gasteiger partial charge in [-0.25, -0.2) is 0 Å². The number of nitrogens with zero attached hydrogens (tertiary/aromatic N) is 1. The van der Waals surface area contributed by atoms with Crippen LogP contribution in [0, 0.1) is 11.3 Å². The molecule has 0 aliphatic carbocycles. The number of rotatable bonds is 3. The summed E-state index contributed by atoms with van der Waals surface area (Å²) in [6, 6.07) is 8.52. The van der Waals surface area contributed by atoms with Gasteiger partial charge in [0.25, 0.3) is 5.91 Å². The number of benzene rings is 1. The Bertz CT molecular complexity index is 524. The Kier molecular flexibility index (Phi) is 4.77. The molecule has 0 heterocycles. The van der Waals surface area contributed by atoms with Crippen molar-refractivity contribution >= 4 is 34.1 Å². The van der Waals surface area contributed by atoms with Crippen molar-refractivity contribution in [2.24, 2.45) is 5.73 Å². The Labute approximate surface area is 109 Å². The zero-order valence-electron chi connectivity index (χ0n) is 8.65. The van der Waals surface area contributed by atoms with Crippen LogP contribution in [0.15, 0.2) is 42.0 Å². The van der Waals surface area contributed by atoms with E-state index >= 15 is 0 Å². The number of carbonyl (C=O) groups is 1. The van der Waals surface area contributed by atoms with Gasteiger partial charge < -0.3 is 5.73 Å². The minimum Gasteiger partial charge on any atom is -0.365 e. The maximum atomic E-state index is 10.8. The summed E-state index contributed by atoms with van der Waals surface area (Å²) in [4.78, 5) is 10.8. The van der Waals surface area contributed by atoms with Crippen molar-refractivity contribution in [1.29, 1.82) is 5.26 Å². The minimum absolute atomic E-state index is 0.155. The highest BCUT2D eigenvalue weighted by Gasteiger charge is 2.02. The smallest absolute Gasteiger partial charge is 0.259 e. The van der Waals surface area contributed by atoms with Crippen LogP contribution < -0.4 is 5.73 Å². The molecule has 17 heavy (non-hydrogen) atoms. The molecular formula is C12H8Cl2N2O. The van der Waals surface area contributed by atoms with Gasteiger partial charge in [0.2, 0.25) is 0 Å². The highest BCUT2D eigenvalue weighted by molar-refractivity contribution is 6.49. The zero-order valence-corrected chi connectivity index (χ0v) is 10.2. The van der Waals surface area contributed by atoms with Gasteiger partial charge in [0.15, 0.2) is 0 Å². The molecule has 0 spiro atoms. The maximum absolute atomic E-state index is 10.8. The molecule has 0 unspecified atom stereocenters. The summed E-state index contributed by atoms with van der Waals surface area (Å²) >= 11 is 11.7. The Morgan fingerprint density at radius 1 is 1.29 bits per heavy atom. The second-order valence-corrected chi connectivity index (χ2v) is 3.92. The van der Waals surface area contributed by atoms with Crippen molar-refractivity contribution < 1.29 is 4.79 Å². The summed E-state index contributed by atoms with van der Waals surface area (Å²) in [7, 11) is 0. The first-order chi connectivity index (χ1) is 8.04. The third-order valence-corrected chi connectivity index (χ3v) is 2.50. The van der Waals surface area contributed by atoms with Crippen LogP contribution in [0.3, 0.4) is 0 Å². The van der Waals surface area contributed by atoms with Crippen LogP contribution >= 0.6 is 23.2 Å². The predicted octanol–water partition coefficient (Wildman–Crippen LogP) is 2.85. The maximum Gasteiger partial charge on any atom is 0.259 e. The van der Waals surface area contributed by atoms with Crippen LogP contribution in [0.2, 0.25) is 5.02 Å². The lowest BCUT2D eigenvalue weighted by atomic mass is 10.2. The molecule has 0 radical (unpaired) electrons. The largest absolute Gasteiger partial charge is 0.365 e. The van der Waals surface area contributed by atoms with Crippen molar-refractivity contribution in [1.82, 2.24) is 0 Å². The average Bonchev–Trinajstić information content (AvgIpc) is 2.30. The molecule has 1 rings (SSSR count). The fourth-order valence-corrected chi connectivity index (χ4v) is 1.35. The van der Waals surface area contributed by atoms with E-state index in [1.54, 1.807) is 30.3 Å². The predicted molar refractivity (Wildman–Crippen MR) is 68.2 cm³/mol. The van der Waals surface area contributed by atoms with E-state index in [4.69, 9.17) is 34.2 Å². The van der Waals surface area contributed by atoms with Gasteiger partial charge in [-0.15, -0.1) is 0 Å². The number of nitrogens with two attached hydrogens (primary N) is 1. The van der Waals surface area contributed by atoms with Gasteiger partial charge >= 0.3 is 0 Å². The highest BCUT2D eigenvalue weighted by Crippen LogP contribution is 2.21. The number of primary amides is 1. The normalized spacial score (nSPS) is 12.1. The van der Waals surface area contributed by atoms with Gasteiger partial charge in [0, 0.05) is 10.1 Å². The van der Waals surface area contributed by atoms with E-state index in [0.717, 1.165) is 5.56 Å². The number of allylic oxidation sites excluding steroid dienone is 2. The number of hydrogen-bond donors (Lipinski definition) is 1. The Morgan fingerprint density at radius 3 is 2.35 bits per heavy atom. The lowest BCUT2D eigenvalue weighted by Gasteiger charge is -1.98. The van der Waals surface area contributed by atoms with E-state index in [1.807, 2.05) is 0 Å². The first-order valence-electron chi connectivity index (χ1n) is 4.58. The molecule has 5 heteroatoms. The lowest BCUT2D eigenvalue weighted by molar-refractivity contribution is -0.114. The van der Waals surface area contributed by atoms with Crippen LogP contribution in [0.4, 0.5) is 0 Å². The molecule has 0 atom stereocenters. The summed E-state index contributed by atoms with van der Waals surface area (Å²) < 4.78 is 0. The number of hydrogen-bond acceptors (Lipinski definition) is 2. The summed E-state index contributed by atoms with van der Waals surface area (Å²) in [5.74, 6) is -0.788. The van der Waals surface area contributed by atoms with Crippen LogP contribution in [-0.4, -0.2) is 5.91 Å². The van der Waals surface area contributed by atoms with Crippen molar-refractivity contribution in [3.05, 3.63) is 52.6 Å². The van der Waals surface area contributed by atoms with E-state index in [2.05, 4.69) is 0 Å².